The number of hydrogen-bond acceptors (Lipinski definition) is 4. The van der Waals surface area contributed by atoms with E-state index in [1.165, 1.54) is 25.6 Å². The van der Waals surface area contributed by atoms with Gasteiger partial charge in [0.25, 0.3) is 5.91 Å². The first-order chi connectivity index (χ1) is 12.2. The molecule has 1 fully saturated rings. The van der Waals surface area contributed by atoms with Crippen molar-refractivity contribution >= 4 is 33.7 Å². The predicted octanol–water partition coefficient (Wildman–Crippen LogP) is 3.82. The zero-order chi connectivity index (χ0) is 17.6. The molecule has 1 amide bonds. The third kappa shape index (κ3) is 4.39. The third-order valence-corrected chi connectivity index (χ3v) is 4.64. The highest BCUT2D eigenvalue weighted by Crippen LogP contribution is 2.23. The number of nitrogens with one attached hydrogen (secondary N) is 1. The average Bonchev–Trinajstić information content (AvgIpc) is 3.17. The van der Waals surface area contributed by atoms with Crippen LogP contribution < -0.4 is 15.1 Å². The van der Waals surface area contributed by atoms with Gasteiger partial charge in [-0.15, -0.1) is 0 Å². The van der Waals surface area contributed by atoms with Gasteiger partial charge in [-0.05, 0) is 48.7 Å². The molecule has 0 aromatic heterocycles. The number of anilines is 1. The van der Waals surface area contributed by atoms with Crippen molar-refractivity contribution in [2.75, 3.05) is 25.1 Å². The van der Waals surface area contributed by atoms with Gasteiger partial charge in [-0.2, -0.15) is 5.10 Å². The molecule has 0 bridgehead atoms. The Morgan fingerprint density at radius 3 is 2.60 bits per heavy atom. The first-order valence-corrected chi connectivity index (χ1v) is 8.98. The van der Waals surface area contributed by atoms with Crippen LogP contribution in [0.2, 0.25) is 0 Å². The normalized spacial score (nSPS) is 14.1. The molecule has 0 atom stereocenters. The Hall–Kier alpha value is -2.34. The van der Waals surface area contributed by atoms with Gasteiger partial charge in [0.15, 0.2) is 0 Å². The lowest BCUT2D eigenvalue weighted by Crippen LogP contribution is -2.18. The van der Waals surface area contributed by atoms with Gasteiger partial charge in [0.2, 0.25) is 0 Å². The van der Waals surface area contributed by atoms with Crippen LogP contribution in [0, 0.1) is 0 Å². The van der Waals surface area contributed by atoms with Crippen LogP contribution in [-0.2, 0) is 0 Å². The van der Waals surface area contributed by atoms with Gasteiger partial charge in [-0.3, -0.25) is 4.79 Å². The first kappa shape index (κ1) is 17.5. The molecule has 3 rings (SSSR count). The highest BCUT2D eigenvalue weighted by atomic mass is 79.9. The second-order valence-electron chi connectivity index (χ2n) is 5.83. The van der Waals surface area contributed by atoms with E-state index in [1.54, 1.807) is 18.3 Å². The molecule has 1 N–H and O–H groups in total. The molecule has 130 valence electrons. The van der Waals surface area contributed by atoms with Crippen LogP contribution in [0.1, 0.15) is 28.8 Å². The van der Waals surface area contributed by atoms with E-state index in [0.29, 0.717) is 11.3 Å². The Morgan fingerprint density at radius 1 is 1.20 bits per heavy atom. The number of ether oxygens (including phenoxy) is 1. The molecule has 0 aliphatic carbocycles. The van der Waals surface area contributed by atoms with Crippen LogP contribution in [0.4, 0.5) is 5.69 Å². The number of carbonyl (C=O) groups is 1. The summed E-state index contributed by atoms with van der Waals surface area (Å²) in [6.07, 6.45) is 4.15. The van der Waals surface area contributed by atoms with Crippen molar-refractivity contribution in [1.29, 1.82) is 0 Å². The van der Waals surface area contributed by atoms with E-state index in [1.807, 2.05) is 18.2 Å². The van der Waals surface area contributed by atoms with Crippen molar-refractivity contribution in [3.05, 3.63) is 58.1 Å². The fourth-order valence-electron chi connectivity index (χ4n) is 2.83. The lowest BCUT2D eigenvalue weighted by Gasteiger charge is -2.17. The highest BCUT2D eigenvalue weighted by Gasteiger charge is 2.13. The number of benzene rings is 2. The summed E-state index contributed by atoms with van der Waals surface area (Å²) in [5, 5.41) is 4.04. The molecule has 1 saturated heterocycles. The van der Waals surface area contributed by atoms with Crippen molar-refractivity contribution in [1.82, 2.24) is 5.43 Å². The van der Waals surface area contributed by atoms with E-state index in [4.69, 9.17) is 4.74 Å². The number of hydrogen-bond donors (Lipinski definition) is 1. The SMILES string of the molecule is COc1ccc(Br)cc1C(=O)N/N=C\c1ccc(N2CCCC2)cc1. The number of hydrazone groups is 1. The molecule has 25 heavy (non-hydrogen) atoms. The molecule has 1 aliphatic rings. The summed E-state index contributed by atoms with van der Waals surface area (Å²) in [5.74, 6) is 0.189. The molecule has 1 heterocycles. The topological polar surface area (TPSA) is 53.9 Å². The molecule has 2 aromatic carbocycles. The maximum Gasteiger partial charge on any atom is 0.275 e. The van der Waals surface area contributed by atoms with Crippen LogP contribution in [0.15, 0.2) is 52.0 Å². The van der Waals surface area contributed by atoms with E-state index in [9.17, 15) is 4.79 Å². The standard InChI is InChI=1S/C19H20BrN3O2/c1-25-18-9-6-15(20)12-17(18)19(24)22-21-13-14-4-7-16(8-5-14)23-10-2-3-11-23/h4-9,12-13H,2-3,10-11H2,1H3,(H,22,24)/b21-13-. The minimum atomic E-state index is -0.317. The van der Waals surface area contributed by atoms with E-state index >= 15 is 0 Å². The van der Waals surface area contributed by atoms with Crippen molar-refractivity contribution in [3.8, 4) is 5.75 Å². The molecule has 0 saturated carbocycles. The molecular weight excluding hydrogens is 382 g/mol. The van der Waals surface area contributed by atoms with E-state index < -0.39 is 0 Å². The summed E-state index contributed by atoms with van der Waals surface area (Å²) in [6.45, 7) is 2.25. The zero-order valence-electron chi connectivity index (χ0n) is 14.0. The van der Waals surface area contributed by atoms with Crippen LogP contribution in [0.5, 0.6) is 5.75 Å². The van der Waals surface area contributed by atoms with E-state index in [-0.39, 0.29) is 5.91 Å². The van der Waals surface area contributed by atoms with Crippen molar-refractivity contribution in [2.24, 2.45) is 5.10 Å². The zero-order valence-corrected chi connectivity index (χ0v) is 15.6. The fraction of sp³-hybridized carbons (Fsp3) is 0.263. The van der Waals surface area contributed by atoms with Gasteiger partial charge in [-0.25, -0.2) is 5.43 Å². The number of amides is 1. The maximum absolute atomic E-state index is 12.3. The van der Waals surface area contributed by atoms with Gasteiger partial charge >= 0.3 is 0 Å². The highest BCUT2D eigenvalue weighted by molar-refractivity contribution is 9.10. The second-order valence-corrected chi connectivity index (χ2v) is 6.75. The Kier molecular flexibility index (Phi) is 5.71. The molecule has 2 aromatic rings. The molecule has 0 unspecified atom stereocenters. The molecular formula is C19H20BrN3O2. The van der Waals surface area contributed by atoms with Gasteiger partial charge in [0.05, 0.1) is 18.9 Å². The van der Waals surface area contributed by atoms with Crippen molar-refractivity contribution < 1.29 is 9.53 Å². The number of carbonyl (C=O) groups excluding carboxylic acids is 1. The summed E-state index contributed by atoms with van der Waals surface area (Å²) in [4.78, 5) is 14.6. The van der Waals surface area contributed by atoms with Gasteiger partial charge in [-0.1, -0.05) is 28.1 Å². The van der Waals surface area contributed by atoms with Crippen LogP contribution >= 0.6 is 15.9 Å². The fourth-order valence-corrected chi connectivity index (χ4v) is 3.19. The summed E-state index contributed by atoms with van der Waals surface area (Å²) in [6, 6.07) is 13.4. The molecule has 5 nitrogen and oxygen atoms in total. The minimum Gasteiger partial charge on any atom is -0.496 e. The summed E-state index contributed by atoms with van der Waals surface area (Å²) in [7, 11) is 1.53. The van der Waals surface area contributed by atoms with Crippen LogP contribution in [0.25, 0.3) is 0 Å². The number of halogens is 1. The van der Waals surface area contributed by atoms with E-state index in [2.05, 4.69) is 43.5 Å². The Labute approximate surface area is 155 Å². The van der Waals surface area contributed by atoms with Crippen molar-refractivity contribution in [3.63, 3.8) is 0 Å². The smallest absolute Gasteiger partial charge is 0.275 e. The van der Waals surface area contributed by atoms with Gasteiger partial charge in [0.1, 0.15) is 5.75 Å². The summed E-state index contributed by atoms with van der Waals surface area (Å²) in [5.41, 5.74) is 5.14. The van der Waals surface area contributed by atoms with Gasteiger partial charge in [0, 0.05) is 23.2 Å². The Bertz CT molecular complexity index is 769. The Balaban J connectivity index is 1.63. The molecule has 0 spiro atoms. The van der Waals surface area contributed by atoms with Gasteiger partial charge < -0.3 is 9.64 Å². The monoisotopic (exact) mass is 401 g/mol. The Morgan fingerprint density at radius 2 is 1.92 bits per heavy atom. The van der Waals surface area contributed by atoms with E-state index in [0.717, 1.165) is 23.1 Å². The second kappa shape index (κ2) is 8.16. The largest absolute Gasteiger partial charge is 0.496 e. The van der Waals surface area contributed by atoms with Crippen LogP contribution in [0.3, 0.4) is 0 Å². The summed E-state index contributed by atoms with van der Waals surface area (Å²) >= 11 is 3.36. The number of nitrogens with zero attached hydrogens (tertiary/aromatic N) is 2. The molecule has 6 heteroatoms. The lowest BCUT2D eigenvalue weighted by atomic mass is 10.2. The minimum absolute atomic E-state index is 0.317. The van der Waals surface area contributed by atoms with Crippen LogP contribution in [-0.4, -0.2) is 32.3 Å². The quantitative estimate of drug-likeness (QED) is 0.611. The molecule has 0 radical (unpaired) electrons. The average molecular weight is 402 g/mol. The number of rotatable bonds is 5. The predicted molar refractivity (Wildman–Crippen MR) is 104 cm³/mol. The third-order valence-electron chi connectivity index (χ3n) is 4.15. The number of methoxy groups -OCH3 is 1. The summed E-state index contributed by atoms with van der Waals surface area (Å²) < 4.78 is 6.02. The first-order valence-electron chi connectivity index (χ1n) is 8.19. The van der Waals surface area contributed by atoms with Crippen molar-refractivity contribution in [2.45, 2.75) is 12.8 Å². The maximum atomic E-state index is 12.3. The lowest BCUT2D eigenvalue weighted by molar-refractivity contribution is 0.0952. The molecule has 1 aliphatic heterocycles.